The van der Waals surface area contributed by atoms with Gasteiger partial charge in [0.15, 0.2) is 11.4 Å². The van der Waals surface area contributed by atoms with Crippen molar-refractivity contribution in [3.8, 4) is 5.69 Å². The van der Waals surface area contributed by atoms with E-state index in [0.29, 0.717) is 0 Å². The highest BCUT2D eigenvalue weighted by atomic mass is 32.1. The first-order valence-electron chi connectivity index (χ1n) is 10.3. The Morgan fingerprint density at radius 3 is 2.40 bits per heavy atom. The van der Waals surface area contributed by atoms with E-state index in [-0.39, 0.29) is 0 Å². The molecular weight excluding hydrogens is 392 g/mol. The number of para-hydroxylation sites is 2. The van der Waals surface area contributed by atoms with Crippen molar-refractivity contribution in [2.24, 2.45) is 0 Å². The van der Waals surface area contributed by atoms with Crippen molar-refractivity contribution < 1.29 is 4.90 Å². The van der Waals surface area contributed by atoms with Gasteiger partial charge in [0, 0.05) is 18.1 Å². The molecule has 30 heavy (non-hydrogen) atoms. The second kappa shape index (κ2) is 8.01. The molecule has 7 heteroatoms. The van der Waals surface area contributed by atoms with E-state index >= 15 is 0 Å². The van der Waals surface area contributed by atoms with Crippen molar-refractivity contribution in [3.05, 3.63) is 77.3 Å². The van der Waals surface area contributed by atoms with Gasteiger partial charge in [-0.3, -0.25) is 9.13 Å². The van der Waals surface area contributed by atoms with Crippen LogP contribution in [0.25, 0.3) is 16.7 Å². The number of benzene rings is 2. The van der Waals surface area contributed by atoms with Gasteiger partial charge in [0.05, 0.1) is 37.2 Å². The van der Waals surface area contributed by atoms with Crippen LogP contribution in [0.15, 0.2) is 67.0 Å². The zero-order valence-corrected chi connectivity index (χ0v) is 17.8. The minimum atomic E-state index is 0.823. The number of nitrogens with one attached hydrogen (secondary N) is 1. The molecule has 0 unspecified atom stereocenters. The summed E-state index contributed by atoms with van der Waals surface area (Å²) in [5.74, 6) is 0.823. The maximum absolute atomic E-state index is 5.97. The van der Waals surface area contributed by atoms with E-state index in [1.54, 1.807) is 12.4 Å². The summed E-state index contributed by atoms with van der Waals surface area (Å²) in [6, 6.07) is 18.9. The van der Waals surface area contributed by atoms with Gasteiger partial charge >= 0.3 is 0 Å². The molecule has 0 aliphatic carbocycles. The predicted molar refractivity (Wildman–Crippen MR) is 122 cm³/mol. The summed E-state index contributed by atoms with van der Waals surface area (Å²) in [6.45, 7) is 6.94. The van der Waals surface area contributed by atoms with Gasteiger partial charge in [-0.1, -0.05) is 24.3 Å². The van der Waals surface area contributed by atoms with Crippen molar-refractivity contribution in [2.75, 3.05) is 31.1 Å². The maximum Gasteiger partial charge on any atom is 0.225 e. The summed E-state index contributed by atoms with van der Waals surface area (Å²) in [4.78, 5) is 12.6. The lowest BCUT2D eigenvalue weighted by atomic mass is 10.2. The van der Waals surface area contributed by atoms with Crippen LogP contribution in [0.5, 0.6) is 0 Å². The highest BCUT2D eigenvalue weighted by molar-refractivity contribution is 7.71. The molecular formula is C23H25N6S+. The van der Waals surface area contributed by atoms with Gasteiger partial charge in [0.2, 0.25) is 5.95 Å². The Labute approximate surface area is 181 Å². The van der Waals surface area contributed by atoms with Gasteiger partial charge in [0.1, 0.15) is 0 Å². The summed E-state index contributed by atoms with van der Waals surface area (Å²) in [7, 11) is 0. The van der Waals surface area contributed by atoms with Crippen molar-refractivity contribution in [1.29, 1.82) is 0 Å². The highest BCUT2D eigenvalue weighted by Crippen LogP contribution is 2.22. The molecule has 0 spiro atoms. The summed E-state index contributed by atoms with van der Waals surface area (Å²) >= 11 is 5.97. The maximum atomic E-state index is 5.97. The number of hydrogen-bond acceptors (Lipinski definition) is 4. The number of aromatic nitrogens is 4. The van der Waals surface area contributed by atoms with Gasteiger partial charge in [-0.25, -0.2) is 9.97 Å². The molecule has 0 atom stereocenters. The fraction of sp³-hybridized carbons (Fsp3) is 0.261. The third-order valence-corrected chi connectivity index (χ3v) is 6.19. The molecule has 0 saturated carbocycles. The topological polar surface area (TPSA) is 43.3 Å². The minimum Gasteiger partial charge on any atom is -0.330 e. The fourth-order valence-corrected chi connectivity index (χ4v) is 4.60. The number of quaternary nitrogens is 1. The third kappa shape index (κ3) is 3.51. The molecule has 0 radical (unpaired) electrons. The Morgan fingerprint density at radius 1 is 0.933 bits per heavy atom. The lowest BCUT2D eigenvalue weighted by Crippen LogP contribution is -3.14. The lowest BCUT2D eigenvalue weighted by Gasteiger charge is -2.32. The average molecular weight is 418 g/mol. The molecule has 0 bridgehead atoms. The van der Waals surface area contributed by atoms with Gasteiger partial charge < -0.3 is 9.80 Å². The number of hydrogen-bond donors (Lipinski definition) is 1. The van der Waals surface area contributed by atoms with E-state index in [2.05, 4.69) is 79.5 Å². The smallest absolute Gasteiger partial charge is 0.225 e. The van der Waals surface area contributed by atoms with E-state index in [9.17, 15) is 0 Å². The molecule has 152 valence electrons. The molecule has 3 heterocycles. The summed E-state index contributed by atoms with van der Waals surface area (Å²) < 4.78 is 5.34. The van der Waals surface area contributed by atoms with Gasteiger partial charge in [0.25, 0.3) is 0 Å². The van der Waals surface area contributed by atoms with E-state index in [0.717, 1.165) is 54.8 Å². The van der Waals surface area contributed by atoms with Crippen molar-refractivity contribution in [2.45, 2.75) is 13.6 Å². The molecule has 1 aliphatic rings. The van der Waals surface area contributed by atoms with Crippen molar-refractivity contribution >= 4 is 29.2 Å². The molecule has 1 aliphatic heterocycles. The number of anilines is 1. The second-order valence-electron chi connectivity index (χ2n) is 7.82. The van der Waals surface area contributed by atoms with Crippen LogP contribution in [-0.4, -0.2) is 45.3 Å². The van der Waals surface area contributed by atoms with Gasteiger partial charge in [-0.2, -0.15) is 0 Å². The second-order valence-corrected chi connectivity index (χ2v) is 8.18. The van der Waals surface area contributed by atoms with Gasteiger partial charge in [-0.05, 0) is 55.0 Å². The van der Waals surface area contributed by atoms with E-state index < -0.39 is 0 Å². The molecule has 2 aromatic carbocycles. The van der Waals surface area contributed by atoms with Crippen LogP contribution in [0.1, 0.15) is 5.56 Å². The summed E-state index contributed by atoms with van der Waals surface area (Å²) in [5, 5.41) is 0. The zero-order chi connectivity index (χ0) is 20.5. The van der Waals surface area contributed by atoms with E-state index in [1.807, 2.05) is 6.07 Å². The number of imidazole rings is 1. The lowest BCUT2D eigenvalue weighted by molar-refractivity contribution is -0.923. The summed E-state index contributed by atoms with van der Waals surface area (Å²) in [5.41, 5.74) is 4.70. The Morgan fingerprint density at radius 2 is 1.67 bits per heavy atom. The quantitative estimate of drug-likeness (QED) is 0.519. The molecule has 2 aromatic heterocycles. The van der Waals surface area contributed by atoms with Crippen LogP contribution in [0.3, 0.4) is 0 Å². The Balaban J connectivity index is 1.43. The largest absolute Gasteiger partial charge is 0.330 e. The molecule has 0 amide bonds. The molecule has 5 rings (SSSR count). The number of piperazine rings is 1. The van der Waals surface area contributed by atoms with Crippen LogP contribution in [0.4, 0.5) is 5.95 Å². The van der Waals surface area contributed by atoms with Gasteiger partial charge in [-0.15, -0.1) is 0 Å². The van der Waals surface area contributed by atoms with Crippen LogP contribution < -0.4 is 9.80 Å². The van der Waals surface area contributed by atoms with Crippen molar-refractivity contribution in [3.63, 3.8) is 0 Å². The van der Waals surface area contributed by atoms with Crippen LogP contribution in [0, 0.1) is 11.7 Å². The average Bonchev–Trinajstić information content (AvgIpc) is 3.06. The third-order valence-electron chi connectivity index (χ3n) is 5.78. The highest BCUT2D eigenvalue weighted by Gasteiger charge is 2.23. The molecule has 1 fully saturated rings. The molecule has 6 nitrogen and oxygen atoms in total. The monoisotopic (exact) mass is 417 g/mol. The van der Waals surface area contributed by atoms with Crippen LogP contribution >= 0.6 is 12.2 Å². The fourth-order valence-electron chi connectivity index (χ4n) is 4.24. The Hall–Kier alpha value is -3.03. The normalized spacial score (nSPS) is 15.0. The minimum absolute atomic E-state index is 0.823. The molecule has 1 N–H and O–H groups in total. The van der Waals surface area contributed by atoms with E-state index in [1.165, 1.54) is 16.0 Å². The van der Waals surface area contributed by atoms with Crippen LogP contribution in [-0.2, 0) is 6.67 Å². The number of rotatable bonds is 4. The number of fused-ring (bicyclic) bond motifs is 1. The zero-order valence-electron chi connectivity index (χ0n) is 17.0. The van der Waals surface area contributed by atoms with Crippen LogP contribution in [0.2, 0.25) is 0 Å². The number of aryl methyl sites for hydroxylation is 1. The summed E-state index contributed by atoms with van der Waals surface area (Å²) in [6.07, 6.45) is 3.61. The molecule has 1 saturated heterocycles. The van der Waals surface area contributed by atoms with E-state index in [4.69, 9.17) is 12.2 Å². The first-order valence-corrected chi connectivity index (χ1v) is 10.7. The Kier molecular flexibility index (Phi) is 5.06. The SMILES string of the molecule is Cc1cccc(-n2c(=S)n(C[NH+]3CCN(c4ncccn4)CC3)c3ccccc32)c1. The molecule has 4 aromatic rings. The Bertz CT molecular complexity index is 1220. The number of nitrogens with zero attached hydrogens (tertiary/aromatic N) is 5. The first-order chi connectivity index (χ1) is 14.7. The first kappa shape index (κ1) is 19.0. The van der Waals surface area contributed by atoms with Crippen molar-refractivity contribution in [1.82, 2.24) is 19.1 Å². The predicted octanol–water partition coefficient (Wildman–Crippen LogP) is 2.62. The standard InChI is InChI=1S/C23H24N6S/c1-18-6-4-7-19(16-18)29-21-9-3-2-8-20(21)28(23(29)30)17-26-12-14-27(15-13-26)22-24-10-5-11-25-22/h2-11,16H,12-15,17H2,1H3/p+1.